The van der Waals surface area contributed by atoms with E-state index in [1.54, 1.807) is 0 Å². The van der Waals surface area contributed by atoms with E-state index >= 15 is 0 Å². The monoisotopic (exact) mass is 595 g/mol. The lowest BCUT2D eigenvalue weighted by Gasteiger charge is -2.15. The van der Waals surface area contributed by atoms with Gasteiger partial charge >= 0.3 is 11.9 Å². The normalized spacial score (nSPS) is 12.2. The maximum atomic E-state index is 12.1. The van der Waals surface area contributed by atoms with Crippen molar-refractivity contribution in [1.29, 1.82) is 0 Å². The molecule has 1 N–H and O–H groups in total. The molecule has 0 aromatic carbocycles. The number of carbonyl (C=O) groups excluding carboxylic acids is 2. The fraction of sp³-hybridized carbons (Fsp3) is 0.892. The minimum absolute atomic E-state index is 0.0615. The van der Waals surface area contributed by atoms with Crippen LogP contribution in [0.3, 0.4) is 0 Å². The van der Waals surface area contributed by atoms with Crippen molar-refractivity contribution in [2.75, 3.05) is 13.2 Å². The van der Waals surface area contributed by atoms with Crippen molar-refractivity contribution in [1.82, 2.24) is 0 Å². The van der Waals surface area contributed by atoms with Gasteiger partial charge in [-0.25, -0.2) is 0 Å². The first-order valence-corrected chi connectivity index (χ1v) is 18.2. The summed E-state index contributed by atoms with van der Waals surface area (Å²) in [7, 11) is 0. The standard InChI is InChI=1S/C37H70O5/c1-3-5-7-9-11-13-14-15-16-17-18-19-20-21-22-24-26-28-30-32-37(40)42-35(33-38)34-41-36(39)31-29-27-25-23-12-10-8-6-4-2/h15-16,35,38H,3-14,17-34H2,1-2H3/b16-15-. The fourth-order valence-electron chi connectivity index (χ4n) is 5.25. The molecular weight excluding hydrogens is 524 g/mol. The van der Waals surface area contributed by atoms with Crippen LogP contribution in [0.25, 0.3) is 0 Å². The van der Waals surface area contributed by atoms with Crippen molar-refractivity contribution < 1.29 is 24.2 Å². The van der Waals surface area contributed by atoms with E-state index in [0.29, 0.717) is 12.8 Å². The number of aliphatic hydroxyl groups is 1. The SMILES string of the molecule is CCCCCCCC/C=C\CCCCCCCCCCCC(=O)OC(CO)COC(=O)CCCCCCCCCCC. The van der Waals surface area contributed by atoms with Crippen LogP contribution in [-0.4, -0.2) is 36.4 Å². The lowest BCUT2D eigenvalue weighted by molar-refractivity contribution is -0.161. The molecule has 0 saturated carbocycles. The number of carbonyl (C=O) groups is 2. The van der Waals surface area contributed by atoms with E-state index in [1.807, 2.05) is 0 Å². The van der Waals surface area contributed by atoms with Gasteiger partial charge in [0, 0.05) is 12.8 Å². The molecule has 0 spiro atoms. The average molecular weight is 595 g/mol. The van der Waals surface area contributed by atoms with Gasteiger partial charge in [-0.05, 0) is 38.5 Å². The zero-order chi connectivity index (χ0) is 30.8. The number of ether oxygens (including phenoxy) is 2. The van der Waals surface area contributed by atoms with Gasteiger partial charge in [0.15, 0.2) is 6.10 Å². The molecule has 0 aliphatic rings. The van der Waals surface area contributed by atoms with Gasteiger partial charge in [-0.2, -0.15) is 0 Å². The first-order chi connectivity index (χ1) is 20.6. The number of allylic oxidation sites excluding steroid dienone is 2. The van der Waals surface area contributed by atoms with Crippen LogP contribution < -0.4 is 0 Å². The summed E-state index contributed by atoms with van der Waals surface area (Å²) in [5.74, 6) is -0.590. The first kappa shape index (κ1) is 40.6. The number of hydrogen-bond donors (Lipinski definition) is 1. The summed E-state index contributed by atoms with van der Waals surface area (Å²) in [5, 5.41) is 9.50. The van der Waals surface area contributed by atoms with Crippen LogP contribution in [0.1, 0.15) is 194 Å². The predicted molar refractivity (Wildman–Crippen MR) is 178 cm³/mol. The molecule has 0 amide bonds. The van der Waals surface area contributed by atoms with E-state index < -0.39 is 6.10 Å². The number of unbranched alkanes of at least 4 members (excludes halogenated alkanes) is 23. The maximum Gasteiger partial charge on any atom is 0.306 e. The highest BCUT2D eigenvalue weighted by atomic mass is 16.6. The van der Waals surface area contributed by atoms with Crippen LogP contribution in [0.2, 0.25) is 0 Å². The van der Waals surface area contributed by atoms with Crippen molar-refractivity contribution in [3.05, 3.63) is 12.2 Å². The minimum atomic E-state index is -0.764. The molecule has 0 aromatic rings. The Morgan fingerprint density at radius 3 is 1.29 bits per heavy atom. The van der Waals surface area contributed by atoms with E-state index in [-0.39, 0.29) is 25.2 Å². The Hall–Kier alpha value is -1.36. The van der Waals surface area contributed by atoms with Gasteiger partial charge in [0.05, 0.1) is 6.61 Å². The summed E-state index contributed by atoms with van der Waals surface area (Å²) < 4.78 is 10.5. The van der Waals surface area contributed by atoms with Crippen molar-refractivity contribution in [3.8, 4) is 0 Å². The first-order valence-electron chi connectivity index (χ1n) is 18.2. The Kier molecular flexibility index (Phi) is 33.0. The molecule has 1 unspecified atom stereocenters. The second-order valence-corrected chi connectivity index (χ2v) is 12.3. The van der Waals surface area contributed by atoms with Crippen LogP contribution in [0.4, 0.5) is 0 Å². The molecule has 5 heteroatoms. The van der Waals surface area contributed by atoms with Gasteiger partial charge in [0.1, 0.15) is 6.61 Å². The van der Waals surface area contributed by atoms with Crippen molar-refractivity contribution in [2.45, 2.75) is 200 Å². The van der Waals surface area contributed by atoms with Gasteiger partial charge in [0.2, 0.25) is 0 Å². The lowest BCUT2D eigenvalue weighted by Crippen LogP contribution is -2.28. The number of aliphatic hydroxyl groups excluding tert-OH is 1. The van der Waals surface area contributed by atoms with E-state index in [9.17, 15) is 14.7 Å². The average Bonchev–Trinajstić information content (AvgIpc) is 2.99. The molecule has 0 aliphatic heterocycles. The highest BCUT2D eigenvalue weighted by Gasteiger charge is 2.16. The van der Waals surface area contributed by atoms with E-state index in [1.165, 1.54) is 128 Å². The van der Waals surface area contributed by atoms with Crippen LogP contribution in [0, 0.1) is 0 Å². The van der Waals surface area contributed by atoms with Crippen LogP contribution >= 0.6 is 0 Å². The molecular formula is C37H70O5. The third-order valence-corrected chi connectivity index (χ3v) is 8.06. The fourth-order valence-corrected chi connectivity index (χ4v) is 5.25. The van der Waals surface area contributed by atoms with Crippen molar-refractivity contribution >= 4 is 11.9 Å². The van der Waals surface area contributed by atoms with Gasteiger partial charge in [-0.3, -0.25) is 9.59 Å². The summed E-state index contributed by atoms with van der Waals surface area (Å²) in [6.45, 7) is 4.11. The molecule has 0 fully saturated rings. The number of esters is 2. The third kappa shape index (κ3) is 31.6. The van der Waals surface area contributed by atoms with E-state index in [0.717, 1.165) is 38.5 Å². The highest BCUT2D eigenvalue weighted by Crippen LogP contribution is 2.14. The third-order valence-electron chi connectivity index (χ3n) is 8.06. The Balaban J connectivity index is 3.51. The van der Waals surface area contributed by atoms with Crippen LogP contribution in [-0.2, 0) is 19.1 Å². The number of rotatable bonds is 33. The summed E-state index contributed by atoms with van der Waals surface area (Å²) in [4.78, 5) is 24.1. The summed E-state index contributed by atoms with van der Waals surface area (Å²) in [6, 6.07) is 0. The summed E-state index contributed by atoms with van der Waals surface area (Å²) >= 11 is 0. The molecule has 0 aromatic heterocycles. The van der Waals surface area contributed by atoms with E-state index in [4.69, 9.17) is 9.47 Å². The molecule has 0 saturated heterocycles. The lowest BCUT2D eigenvalue weighted by atomic mass is 10.1. The largest absolute Gasteiger partial charge is 0.462 e. The van der Waals surface area contributed by atoms with E-state index in [2.05, 4.69) is 26.0 Å². The smallest absolute Gasteiger partial charge is 0.306 e. The van der Waals surface area contributed by atoms with Crippen molar-refractivity contribution in [3.63, 3.8) is 0 Å². The molecule has 0 rings (SSSR count). The quantitative estimate of drug-likeness (QED) is 0.0465. The summed E-state index contributed by atoms with van der Waals surface area (Å²) in [5.41, 5.74) is 0. The zero-order valence-corrected chi connectivity index (χ0v) is 28.0. The molecule has 5 nitrogen and oxygen atoms in total. The van der Waals surface area contributed by atoms with Crippen LogP contribution in [0.15, 0.2) is 12.2 Å². The van der Waals surface area contributed by atoms with Crippen LogP contribution in [0.5, 0.6) is 0 Å². The molecule has 1 atom stereocenters. The van der Waals surface area contributed by atoms with Crippen molar-refractivity contribution in [2.24, 2.45) is 0 Å². The second kappa shape index (κ2) is 34.1. The Morgan fingerprint density at radius 1 is 0.524 bits per heavy atom. The van der Waals surface area contributed by atoms with Gasteiger partial charge < -0.3 is 14.6 Å². The maximum absolute atomic E-state index is 12.1. The zero-order valence-electron chi connectivity index (χ0n) is 28.0. The molecule has 0 aliphatic carbocycles. The second-order valence-electron chi connectivity index (χ2n) is 12.3. The Labute approximate surface area is 261 Å². The Morgan fingerprint density at radius 2 is 0.881 bits per heavy atom. The molecule has 248 valence electrons. The van der Waals surface area contributed by atoms with Gasteiger partial charge in [-0.15, -0.1) is 0 Å². The molecule has 42 heavy (non-hydrogen) atoms. The molecule has 0 bridgehead atoms. The molecule has 0 heterocycles. The highest BCUT2D eigenvalue weighted by molar-refractivity contribution is 5.70. The Bertz CT molecular complexity index is 603. The van der Waals surface area contributed by atoms with Gasteiger partial charge in [-0.1, -0.05) is 154 Å². The van der Waals surface area contributed by atoms with Gasteiger partial charge in [0.25, 0.3) is 0 Å². The topological polar surface area (TPSA) is 72.8 Å². The molecule has 0 radical (unpaired) electrons. The minimum Gasteiger partial charge on any atom is -0.462 e. The predicted octanol–water partition coefficient (Wildman–Crippen LogP) is 11.0. The number of hydrogen-bond acceptors (Lipinski definition) is 5. The summed E-state index contributed by atoms with van der Waals surface area (Å²) in [6.07, 6.45) is 37.0.